The van der Waals surface area contributed by atoms with Crippen molar-refractivity contribution in [3.05, 3.63) is 0 Å². The fraction of sp³-hybridized carbons (Fsp3) is 0.833. The molecule has 0 aromatic carbocycles. The number of hydrogen-bond donors (Lipinski definition) is 0. The minimum atomic E-state index is -0.156. The number of carbonyl (C=O) groups excluding carboxylic acids is 1. The van der Waals surface area contributed by atoms with Crippen LogP contribution in [0.1, 0.15) is 0 Å². The van der Waals surface area contributed by atoms with E-state index in [1.807, 2.05) is 0 Å². The van der Waals surface area contributed by atoms with Crippen LogP contribution in [0.4, 0.5) is 0 Å². The lowest BCUT2D eigenvalue weighted by atomic mass is 10.4. The van der Waals surface area contributed by atoms with E-state index in [1.165, 1.54) is 7.11 Å². The first-order valence-corrected chi connectivity index (χ1v) is 4.14. The maximum atomic E-state index is 10.6. The van der Waals surface area contributed by atoms with Crippen molar-refractivity contribution < 1.29 is 14.3 Å². The van der Waals surface area contributed by atoms with Gasteiger partial charge in [0.25, 0.3) is 0 Å². The van der Waals surface area contributed by atoms with Gasteiger partial charge in [-0.3, -0.25) is 4.79 Å². The molecule has 0 N–H and O–H groups in total. The number of rotatable bonds is 3. The van der Waals surface area contributed by atoms with Crippen LogP contribution in [0, 0.1) is 0 Å². The first kappa shape index (κ1) is 7.88. The van der Waals surface area contributed by atoms with Crippen molar-refractivity contribution in [3.63, 3.8) is 0 Å². The molecular weight excluding hydrogens is 152 g/mol. The van der Waals surface area contributed by atoms with Crippen LogP contribution in [0.15, 0.2) is 0 Å². The van der Waals surface area contributed by atoms with Gasteiger partial charge in [0.2, 0.25) is 0 Å². The predicted octanol–water partition coefficient (Wildman–Crippen LogP) is 0.291. The molecule has 1 heterocycles. The molecule has 3 nitrogen and oxygen atoms in total. The molecule has 0 amide bonds. The molecule has 1 aliphatic heterocycles. The van der Waals surface area contributed by atoms with Crippen molar-refractivity contribution in [2.45, 2.75) is 5.25 Å². The van der Waals surface area contributed by atoms with Crippen LogP contribution in [0.3, 0.4) is 0 Å². The Balaban J connectivity index is 1.98. The van der Waals surface area contributed by atoms with E-state index in [4.69, 9.17) is 4.74 Å². The molecule has 0 aliphatic carbocycles. The number of carbonyl (C=O) groups is 1. The fourth-order valence-corrected chi connectivity index (χ4v) is 1.43. The molecular formula is C6H10O3S. The summed E-state index contributed by atoms with van der Waals surface area (Å²) >= 11 is 1.60. The third kappa shape index (κ3) is 2.19. The Kier molecular flexibility index (Phi) is 3.02. The molecule has 4 heteroatoms. The van der Waals surface area contributed by atoms with E-state index < -0.39 is 0 Å². The summed E-state index contributed by atoms with van der Waals surface area (Å²) < 4.78 is 9.40. The number of methoxy groups -OCH3 is 1. The average molecular weight is 162 g/mol. The molecule has 58 valence electrons. The fourth-order valence-electron chi connectivity index (χ4n) is 0.555. The maximum Gasteiger partial charge on any atom is 0.315 e. The van der Waals surface area contributed by atoms with E-state index in [0.29, 0.717) is 11.0 Å². The van der Waals surface area contributed by atoms with Gasteiger partial charge in [0.15, 0.2) is 0 Å². The van der Waals surface area contributed by atoms with Crippen LogP contribution in [0.25, 0.3) is 0 Å². The average Bonchev–Trinajstić information content (AvgIpc) is 1.84. The summed E-state index contributed by atoms with van der Waals surface area (Å²) in [5.41, 5.74) is 0. The monoisotopic (exact) mass is 162 g/mol. The van der Waals surface area contributed by atoms with Gasteiger partial charge in [-0.05, 0) is 0 Å². The van der Waals surface area contributed by atoms with Gasteiger partial charge < -0.3 is 9.47 Å². The van der Waals surface area contributed by atoms with Gasteiger partial charge >= 0.3 is 5.97 Å². The lowest BCUT2D eigenvalue weighted by molar-refractivity contribution is -0.137. The van der Waals surface area contributed by atoms with Gasteiger partial charge in [0, 0.05) is 0 Å². The molecule has 0 saturated carbocycles. The van der Waals surface area contributed by atoms with Crippen molar-refractivity contribution in [1.29, 1.82) is 0 Å². The summed E-state index contributed by atoms with van der Waals surface area (Å²) in [5.74, 6) is 0.293. The number of ether oxygens (including phenoxy) is 2. The smallest absolute Gasteiger partial charge is 0.315 e. The number of thioether (sulfide) groups is 1. The zero-order valence-corrected chi connectivity index (χ0v) is 6.65. The molecule has 1 rings (SSSR count). The van der Waals surface area contributed by atoms with Gasteiger partial charge in [0.05, 0.1) is 31.3 Å². The third-order valence-corrected chi connectivity index (χ3v) is 2.42. The number of hydrogen-bond acceptors (Lipinski definition) is 4. The zero-order chi connectivity index (χ0) is 7.40. The Labute approximate surface area is 64.1 Å². The highest BCUT2D eigenvalue weighted by atomic mass is 32.2. The summed E-state index contributed by atoms with van der Waals surface area (Å²) in [6.45, 7) is 1.56. The molecule has 0 unspecified atom stereocenters. The number of esters is 1. The second-order valence-corrected chi connectivity index (χ2v) is 3.34. The van der Waals surface area contributed by atoms with E-state index in [-0.39, 0.29) is 5.97 Å². The summed E-state index contributed by atoms with van der Waals surface area (Å²) in [5, 5.41) is 0.513. The summed E-state index contributed by atoms with van der Waals surface area (Å²) in [6.07, 6.45) is 0. The molecule has 1 saturated heterocycles. The molecule has 0 radical (unpaired) electrons. The molecule has 1 aliphatic rings. The minimum Gasteiger partial charge on any atom is -0.468 e. The molecule has 0 bridgehead atoms. The Bertz CT molecular complexity index is 122. The highest BCUT2D eigenvalue weighted by molar-refractivity contribution is 8.00. The van der Waals surface area contributed by atoms with Crippen molar-refractivity contribution in [3.8, 4) is 0 Å². The predicted molar refractivity (Wildman–Crippen MR) is 39.1 cm³/mol. The lowest BCUT2D eigenvalue weighted by Gasteiger charge is -2.24. The summed E-state index contributed by atoms with van der Waals surface area (Å²) in [6, 6.07) is 0. The summed E-state index contributed by atoms with van der Waals surface area (Å²) in [7, 11) is 1.40. The lowest BCUT2D eigenvalue weighted by Crippen LogP contribution is -2.31. The first-order valence-electron chi connectivity index (χ1n) is 3.09. The zero-order valence-electron chi connectivity index (χ0n) is 5.83. The van der Waals surface area contributed by atoms with Crippen LogP contribution < -0.4 is 0 Å². The molecule has 0 aromatic rings. The Morgan fingerprint density at radius 1 is 1.80 bits per heavy atom. The molecule has 1 fully saturated rings. The second-order valence-electron chi connectivity index (χ2n) is 2.05. The molecule has 0 aromatic heterocycles. The Morgan fingerprint density at radius 2 is 2.50 bits per heavy atom. The van der Waals surface area contributed by atoms with E-state index >= 15 is 0 Å². The van der Waals surface area contributed by atoms with Gasteiger partial charge in [-0.2, -0.15) is 0 Å². The van der Waals surface area contributed by atoms with Crippen molar-refractivity contribution >= 4 is 17.7 Å². The van der Waals surface area contributed by atoms with E-state index in [9.17, 15) is 4.79 Å². The van der Waals surface area contributed by atoms with Gasteiger partial charge in [0.1, 0.15) is 0 Å². The second kappa shape index (κ2) is 3.83. The van der Waals surface area contributed by atoms with Crippen molar-refractivity contribution in [2.75, 3.05) is 26.1 Å². The van der Waals surface area contributed by atoms with E-state index in [0.717, 1.165) is 13.2 Å². The minimum absolute atomic E-state index is 0.156. The standard InChI is InChI=1S/C6H10O3S/c1-8-6(7)4-10-5-2-9-3-5/h5H,2-4H2,1H3. The third-order valence-electron chi connectivity index (χ3n) is 1.27. The molecule has 10 heavy (non-hydrogen) atoms. The van der Waals surface area contributed by atoms with Gasteiger partial charge in [-0.1, -0.05) is 0 Å². The van der Waals surface area contributed by atoms with Crippen LogP contribution in [0.2, 0.25) is 0 Å². The van der Waals surface area contributed by atoms with E-state index in [1.54, 1.807) is 11.8 Å². The first-order chi connectivity index (χ1) is 4.83. The highest BCUT2D eigenvalue weighted by Gasteiger charge is 2.19. The van der Waals surface area contributed by atoms with Crippen LogP contribution >= 0.6 is 11.8 Å². The largest absolute Gasteiger partial charge is 0.468 e. The Morgan fingerprint density at radius 3 is 2.90 bits per heavy atom. The van der Waals surface area contributed by atoms with Crippen LogP contribution in [0.5, 0.6) is 0 Å². The Hall–Kier alpha value is -0.220. The topological polar surface area (TPSA) is 35.5 Å². The normalized spacial score (nSPS) is 18.1. The summed E-state index contributed by atoms with van der Waals surface area (Å²) in [4.78, 5) is 10.6. The van der Waals surface area contributed by atoms with E-state index in [2.05, 4.69) is 4.74 Å². The van der Waals surface area contributed by atoms with Crippen molar-refractivity contribution in [2.24, 2.45) is 0 Å². The van der Waals surface area contributed by atoms with Crippen LogP contribution in [-0.4, -0.2) is 37.3 Å². The quantitative estimate of drug-likeness (QED) is 0.559. The van der Waals surface area contributed by atoms with Gasteiger partial charge in [-0.25, -0.2) is 0 Å². The highest BCUT2D eigenvalue weighted by Crippen LogP contribution is 2.18. The van der Waals surface area contributed by atoms with Gasteiger partial charge in [-0.15, -0.1) is 11.8 Å². The maximum absolute atomic E-state index is 10.6. The molecule has 0 atom stereocenters. The van der Waals surface area contributed by atoms with Crippen molar-refractivity contribution in [1.82, 2.24) is 0 Å². The van der Waals surface area contributed by atoms with Crippen LogP contribution in [-0.2, 0) is 14.3 Å². The molecule has 0 spiro atoms. The SMILES string of the molecule is COC(=O)CSC1COC1.